The molecule has 2 N–H and O–H groups in total. The number of hydrogen-bond donors (Lipinski definition) is 2. The van der Waals surface area contributed by atoms with Crippen LogP contribution in [0.3, 0.4) is 0 Å². The first kappa shape index (κ1) is 26.6. The first-order valence-corrected chi connectivity index (χ1v) is 12.9. The van der Waals surface area contributed by atoms with Crippen molar-refractivity contribution in [2.24, 2.45) is 0 Å². The molecule has 2 atom stereocenters. The number of nitrogens with zero attached hydrogens (tertiary/aromatic N) is 3. The van der Waals surface area contributed by atoms with Crippen LogP contribution < -0.4 is 15.4 Å². The third-order valence-corrected chi connectivity index (χ3v) is 7.03. The minimum Gasteiger partial charge on any atom is -0.492 e. The summed E-state index contributed by atoms with van der Waals surface area (Å²) in [6.07, 6.45) is 4.80. The molecule has 1 aromatic heterocycles. The molecule has 3 heterocycles. The number of anilines is 3. The summed E-state index contributed by atoms with van der Waals surface area (Å²) in [5, 5.41) is 6.26. The molecule has 2 aliphatic rings. The molecule has 0 saturated carbocycles. The van der Waals surface area contributed by atoms with Crippen molar-refractivity contribution in [1.29, 1.82) is 0 Å². The van der Waals surface area contributed by atoms with Crippen LogP contribution in [0.2, 0.25) is 10.0 Å². The summed E-state index contributed by atoms with van der Waals surface area (Å²) in [7, 11) is 0. The van der Waals surface area contributed by atoms with Crippen LogP contribution in [0.4, 0.5) is 21.6 Å². The fourth-order valence-electron chi connectivity index (χ4n) is 4.48. The number of aromatic nitrogens is 2. The smallest absolute Gasteiger partial charge is 0.248 e. The molecule has 2 unspecified atom stereocenters. The number of nitrogens with one attached hydrogen (secondary N) is 2. The predicted molar refractivity (Wildman–Crippen MR) is 144 cm³/mol. The second-order valence-corrected chi connectivity index (χ2v) is 9.58. The van der Waals surface area contributed by atoms with E-state index in [-0.39, 0.29) is 33.8 Å². The van der Waals surface area contributed by atoms with Gasteiger partial charge in [0.1, 0.15) is 17.9 Å². The molecule has 200 valence electrons. The maximum atomic E-state index is 14.7. The minimum atomic E-state index is -0.703. The number of ether oxygens (including phenoxy) is 3. The maximum Gasteiger partial charge on any atom is 0.248 e. The zero-order valence-corrected chi connectivity index (χ0v) is 22.1. The van der Waals surface area contributed by atoms with Crippen molar-refractivity contribution in [3.05, 3.63) is 58.6 Å². The van der Waals surface area contributed by atoms with Gasteiger partial charge >= 0.3 is 0 Å². The van der Waals surface area contributed by atoms with E-state index in [1.807, 2.05) is 6.92 Å². The van der Waals surface area contributed by atoms with Crippen LogP contribution in [0, 0.1) is 5.82 Å². The SMILES string of the molecule is CCOc1cc2ncnc(Nc3ccc(Cl)c(Cl)c3F)c2cc1NC(=O)C=CCN1CC2OCCOC2C1. The van der Waals surface area contributed by atoms with Gasteiger partial charge in [-0.2, -0.15) is 0 Å². The van der Waals surface area contributed by atoms with Crippen LogP contribution in [0.1, 0.15) is 6.92 Å². The number of carbonyl (C=O) groups is 1. The fourth-order valence-corrected chi connectivity index (χ4v) is 4.79. The molecule has 2 fully saturated rings. The Morgan fingerprint density at radius 2 is 1.95 bits per heavy atom. The molecule has 0 radical (unpaired) electrons. The Balaban J connectivity index is 1.34. The Morgan fingerprint density at radius 1 is 1.18 bits per heavy atom. The molecule has 3 aromatic rings. The van der Waals surface area contributed by atoms with Gasteiger partial charge in [-0.25, -0.2) is 14.4 Å². The molecule has 0 spiro atoms. The predicted octanol–water partition coefficient (Wildman–Crippen LogP) is 4.81. The molecule has 2 aromatic carbocycles. The number of fused-ring (bicyclic) bond motifs is 2. The van der Waals surface area contributed by atoms with Crippen LogP contribution in [-0.4, -0.2) is 72.4 Å². The number of amides is 1. The quantitative estimate of drug-likeness (QED) is 0.298. The molecule has 9 nitrogen and oxygen atoms in total. The van der Waals surface area contributed by atoms with E-state index in [1.54, 1.807) is 18.2 Å². The highest BCUT2D eigenvalue weighted by molar-refractivity contribution is 6.42. The lowest BCUT2D eigenvalue weighted by atomic mass is 10.1. The van der Waals surface area contributed by atoms with E-state index in [0.29, 0.717) is 54.5 Å². The van der Waals surface area contributed by atoms with Crippen molar-refractivity contribution in [2.45, 2.75) is 19.1 Å². The summed E-state index contributed by atoms with van der Waals surface area (Å²) in [5.41, 5.74) is 1.06. The summed E-state index contributed by atoms with van der Waals surface area (Å²) in [5.74, 6) is -0.256. The molecule has 2 aliphatic heterocycles. The highest BCUT2D eigenvalue weighted by Crippen LogP contribution is 2.35. The highest BCUT2D eigenvalue weighted by Gasteiger charge is 2.35. The first-order valence-electron chi connectivity index (χ1n) is 12.2. The van der Waals surface area contributed by atoms with Crippen LogP contribution in [0.25, 0.3) is 10.9 Å². The van der Waals surface area contributed by atoms with Gasteiger partial charge in [-0.3, -0.25) is 9.69 Å². The third kappa shape index (κ3) is 5.84. The number of rotatable bonds is 8. The molecule has 1 amide bonds. The summed E-state index contributed by atoms with van der Waals surface area (Å²) in [6, 6.07) is 6.33. The zero-order valence-electron chi connectivity index (χ0n) is 20.5. The number of carbonyl (C=O) groups excluding carboxylic acids is 1. The summed E-state index contributed by atoms with van der Waals surface area (Å²) < 4.78 is 31.9. The lowest BCUT2D eigenvalue weighted by molar-refractivity contribution is -0.116. The molecule has 5 rings (SSSR count). The Bertz CT molecular complexity index is 1360. The van der Waals surface area contributed by atoms with E-state index in [4.69, 9.17) is 37.4 Å². The van der Waals surface area contributed by atoms with Gasteiger partial charge in [-0.15, -0.1) is 0 Å². The fraction of sp³-hybridized carbons (Fsp3) is 0.346. The minimum absolute atomic E-state index is 0.0831. The van der Waals surface area contributed by atoms with Gasteiger partial charge in [-0.05, 0) is 25.1 Å². The number of benzene rings is 2. The van der Waals surface area contributed by atoms with Gasteiger partial charge < -0.3 is 24.8 Å². The molecule has 2 saturated heterocycles. The highest BCUT2D eigenvalue weighted by atomic mass is 35.5. The number of likely N-dealkylation sites (tertiary alicyclic amines) is 1. The van der Waals surface area contributed by atoms with Crippen LogP contribution in [0.15, 0.2) is 42.7 Å². The van der Waals surface area contributed by atoms with Gasteiger partial charge in [0.05, 0.1) is 59.0 Å². The Hall–Kier alpha value is -3.02. The van der Waals surface area contributed by atoms with Crippen molar-refractivity contribution in [2.75, 3.05) is 50.1 Å². The second-order valence-electron chi connectivity index (χ2n) is 8.80. The van der Waals surface area contributed by atoms with E-state index in [9.17, 15) is 9.18 Å². The molecule has 38 heavy (non-hydrogen) atoms. The Kier molecular flexibility index (Phi) is 8.25. The zero-order chi connectivity index (χ0) is 26.6. The summed E-state index contributed by atoms with van der Waals surface area (Å²) >= 11 is 11.9. The summed E-state index contributed by atoms with van der Waals surface area (Å²) in [6.45, 7) is 5.60. The third-order valence-electron chi connectivity index (χ3n) is 6.25. The number of hydrogen-bond acceptors (Lipinski definition) is 8. The van der Waals surface area contributed by atoms with Gasteiger partial charge in [0.15, 0.2) is 5.82 Å². The standard InChI is InChI=1S/C26H26Cl2FN5O4/c1-2-36-20-11-18-15(26(31-14-30-18)33-17-6-5-16(27)24(28)25(17)29)10-19(20)32-23(35)4-3-7-34-12-21-22(13-34)38-9-8-37-21/h3-6,10-11,14,21-22H,2,7-9,12-13H2,1H3,(H,32,35)(H,30,31,33). The topological polar surface area (TPSA) is 97.8 Å². The van der Waals surface area contributed by atoms with Gasteiger partial charge in [0.25, 0.3) is 0 Å². The second kappa shape index (κ2) is 11.8. The van der Waals surface area contributed by atoms with Crippen LogP contribution in [-0.2, 0) is 14.3 Å². The van der Waals surface area contributed by atoms with Crippen molar-refractivity contribution in [3.63, 3.8) is 0 Å². The van der Waals surface area contributed by atoms with Crippen LogP contribution in [0.5, 0.6) is 5.75 Å². The van der Waals surface area contributed by atoms with Crippen molar-refractivity contribution < 1.29 is 23.4 Å². The van der Waals surface area contributed by atoms with Gasteiger partial charge in [0, 0.05) is 37.2 Å². The van der Waals surface area contributed by atoms with Gasteiger partial charge in [0.2, 0.25) is 5.91 Å². The van der Waals surface area contributed by atoms with Crippen LogP contribution >= 0.6 is 23.2 Å². The van der Waals surface area contributed by atoms with E-state index in [0.717, 1.165) is 13.1 Å². The average molecular weight is 562 g/mol. The largest absolute Gasteiger partial charge is 0.492 e. The molecule has 0 bridgehead atoms. The van der Waals surface area contributed by atoms with Crippen molar-refractivity contribution in [1.82, 2.24) is 14.9 Å². The lowest BCUT2D eigenvalue weighted by Gasteiger charge is -2.24. The normalized spacial score (nSPS) is 19.6. The molecule has 0 aliphatic carbocycles. The van der Waals surface area contributed by atoms with E-state index >= 15 is 0 Å². The average Bonchev–Trinajstić information content (AvgIpc) is 3.32. The van der Waals surface area contributed by atoms with E-state index < -0.39 is 5.82 Å². The summed E-state index contributed by atoms with van der Waals surface area (Å²) in [4.78, 5) is 23.5. The maximum absolute atomic E-state index is 14.7. The molecular weight excluding hydrogens is 536 g/mol. The Labute approximate surface area is 228 Å². The Morgan fingerprint density at radius 3 is 2.68 bits per heavy atom. The van der Waals surface area contributed by atoms with Crippen molar-refractivity contribution >= 4 is 57.2 Å². The van der Waals surface area contributed by atoms with Gasteiger partial charge in [-0.1, -0.05) is 29.3 Å². The van der Waals surface area contributed by atoms with Crippen molar-refractivity contribution in [3.8, 4) is 5.75 Å². The first-order chi connectivity index (χ1) is 18.4. The lowest BCUT2D eigenvalue weighted by Crippen LogP contribution is -2.36. The van der Waals surface area contributed by atoms with E-state index in [1.165, 1.54) is 24.5 Å². The molecule has 12 heteroatoms. The van der Waals surface area contributed by atoms with E-state index in [2.05, 4.69) is 25.5 Å². The molecular formula is C26H26Cl2FN5O4. The monoisotopic (exact) mass is 561 g/mol. The number of halogens is 3.